The molecule has 1 amide bonds. The van der Waals surface area contributed by atoms with E-state index >= 15 is 0 Å². The molecule has 1 unspecified atom stereocenters. The van der Waals surface area contributed by atoms with Crippen molar-refractivity contribution in [3.8, 4) is 0 Å². The van der Waals surface area contributed by atoms with Gasteiger partial charge < -0.3 is 9.32 Å². The van der Waals surface area contributed by atoms with Crippen molar-refractivity contribution in [2.45, 2.75) is 40.5 Å². The third-order valence-electron chi connectivity index (χ3n) is 5.10. The largest absolute Gasteiger partial charge is 0.450 e. The van der Waals surface area contributed by atoms with Crippen molar-refractivity contribution in [3.63, 3.8) is 0 Å². The molecule has 4 heteroatoms. The highest BCUT2D eigenvalue weighted by Crippen LogP contribution is 2.31. The van der Waals surface area contributed by atoms with Crippen LogP contribution in [0.5, 0.6) is 0 Å². The van der Waals surface area contributed by atoms with Crippen LogP contribution >= 0.6 is 0 Å². The summed E-state index contributed by atoms with van der Waals surface area (Å²) in [6.07, 6.45) is 1.74. The molecule has 0 aliphatic carbocycles. The van der Waals surface area contributed by atoms with Gasteiger partial charge >= 0.3 is 0 Å². The van der Waals surface area contributed by atoms with Gasteiger partial charge in [0.15, 0.2) is 5.76 Å². The van der Waals surface area contributed by atoms with E-state index in [4.69, 9.17) is 4.42 Å². The van der Waals surface area contributed by atoms with E-state index in [0.29, 0.717) is 18.8 Å². The van der Waals surface area contributed by atoms with Crippen molar-refractivity contribution in [1.29, 1.82) is 0 Å². The molecule has 3 rings (SSSR count). The first-order valence-corrected chi connectivity index (χ1v) is 8.19. The molecule has 1 atom stereocenters. The third-order valence-corrected chi connectivity index (χ3v) is 5.10. The minimum Gasteiger partial charge on any atom is -0.450 e. The van der Waals surface area contributed by atoms with E-state index in [1.165, 1.54) is 0 Å². The van der Waals surface area contributed by atoms with Crippen molar-refractivity contribution < 1.29 is 14.0 Å². The Hall–Kier alpha value is -2.10. The number of carbonyl (C=O) groups is 2. The summed E-state index contributed by atoms with van der Waals surface area (Å²) in [5, 5.41) is 0.997. The summed E-state index contributed by atoms with van der Waals surface area (Å²) in [4.78, 5) is 26.3. The number of hydrogen-bond acceptors (Lipinski definition) is 3. The lowest BCUT2D eigenvalue weighted by molar-refractivity contribution is -0.122. The van der Waals surface area contributed by atoms with Crippen LogP contribution < -0.4 is 0 Å². The second kappa shape index (κ2) is 5.84. The fourth-order valence-electron chi connectivity index (χ4n) is 3.36. The van der Waals surface area contributed by atoms with Crippen LogP contribution in [0.25, 0.3) is 11.0 Å². The van der Waals surface area contributed by atoms with Crippen LogP contribution in [0.1, 0.15) is 47.0 Å². The zero-order valence-corrected chi connectivity index (χ0v) is 14.2. The second-order valence-electron chi connectivity index (χ2n) is 6.64. The maximum absolute atomic E-state index is 12.9. The van der Waals surface area contributed by atoms with Gasteiger partial charge in [0.05, 0.1) is 0 Å². The number of aryl methyl sites for hydroxylation is 3. The predicted octanol–water partition coefficient (Wildman–Crippen LogP) is 3.80. The Morgan fingerprint density at radius 1 is 1.17 bits per heavy atom. The SMILES string of the molecule is CC(=O)C1CCCN(C(=O)c2oc3c(C)c(C)ccc3c2C)C1. The van der Waals surface area contributed by atoms with Crippen molar-refractivity contribution >= 4 is 22.7 Å². The van der Waals surface area contributed by atoms with Crippen LogP contribution in [0.15, 0.2) is 16.5 Å². The number of nitrogens with zero attached hydrogens (tertiary/aromatic N) is 1. The number of rotatable bonds is 2. The van der Waals surface area contributed by atoms with Crippen molar-refractivity contribution in [3.05, 3.63) is 34.6 Å². The van der Waals surface area contributed by atoms with Crippen molar-refractivity contribution in [2.24, 2.45) is 5.92 Å². The highest BCUT2D eigenvalue weighted by atomic mass is 16.3. The Balaban J connectivity index is 1.96. The van der Waals surface area contributed by atoms with E-state index in [9.17, 15) is 9.59 Å². The molecule has 1 aliphatic heterocycles. The molecule has 0 radical (unpaired) electrons. The number of benzene rings is 1. The first kappa shape index (κ1) is 15.8. The highest BCUT2D eigenvalue weighted by Gasteiger charge is 2.30. The van der Waals surface area contributed by atoms with E-state index in [2.05, 4.69) is 6.07 Å². The summed E-state index contributed by atoms with van der Waals surface area (Å²) in [6.45, 7) is 8.79. The number of likely N-dealkylation sites (tertiary alicyclic amines) is 1. The molecule has 1 aromatic heterocycles. The number of ketones is 1. The minimum atomic E-state index is -0.0956. The Labute approximate surface area is 136 Å². The van der Waals surface area contributed by atoms with Gasteiger partial charge in [0, 0.05) is 30.0 Å². The molecule has 122 valence electrons. The maximum atomic E-state index is 12.9. The first-order valence-electron chi connectivity index (χ1n) is 8.19. The number of carbonyl (C=O) groups excluding carboxylic acids is 2. The topological polar surface area (TPSA) is 50.5 Å². The summed E-state index contributed by atoms with van der Waals surface area (Å²) < 4.78 is 5.95. The third kappa shape index (κ3) is 2.67. The Bertz CT molecular complexity index is 787. The summed E-state index contributed by atoms with van der Waals surface area (Å²) in [5.74, 6) is 0.441. The Morgan fingerprint density at radius 3 is 2.61 bits per heavy atom. The zero-order chi connectivity index (χ0) is 16.7. The molecule has 4 nitrogen and oxygen atoms in total. The molecule has 0 bridgehead atoms. The van der Waals surface area contributed by atoms with Crippen LogP contribution in [-0.4, -0.2) is 29.7 Å². The number of amides is 1. The maximum Gasteiger partial charge on any atom is 0.289 e. The summed E-state index contributed by atoms with van der Waals surface area (Å²) in [6, 6.07) is 4.07. The quantitative estimate of drug-likeness (QED) is 0.847. The smallest absolute Gasteiger partial charge is 0.289 e. The van der Waals surface area contributed by atoms with Crippen LogP contribution in [0.4, 0.5) is 0 Å². The summed E-state index contributed by atoms with van der Waals surface area (Å²) in [5.41, 5.74) is 3.91. The number of fused-ring (bicyclic) bond motifs is 1. The molecule has 1 saturated heterocycles. The van der Waals surface area contributed by atoms with Crippen molar-refractivity contribution in [2.75, 3.05) is 13.1 Å². The lowest BCUT2D eigenvalue weighted by Gasteiger charge is -2.31. The van der Waals surface area contributed by atoms with E-state index in [1.54, 1.807) is 11.8 Å². The average molecular weight is 313 g/mol. The molecule has 2 aromatic rings. The van der Waals surface area contributed by atoms with Gasteiger partial charge in [0.1, 0.15) is 11.4 Å². The molecular formula is C19H23NO3. The molecule has 2 heterocycles. The van der Waals surface area contributed by atoms with Crippen LogP contribution in [0.2, 0.25) is 0 Å². The van der Waals surface area contributed by atoms with Gasteiger partial charge in [-0.25, -0.2) is 0 Å². The average Bonchev–Trinajstić information content (AvgIpc) is 2.88. The fourth-order valence-corrected chi connectivity index (χ4v) is 3.36. The monoisotopic (exact) mass is 313 g/mol. The van der Waals surface area contributed by atoms with Gasteiger partial charge in [-0.2, -0.15) is 0 Å². The van der Waals surface area contributed by atoms with Crippen LogP contribution in [0.3, 0.4) is 0 Å². The second-order valence-corrected chi connectivity index (χ2v) is 6.64. The van der Waals surface area contributed by atoms with Crippen LogP contribution in [0, 0.1) is 26.7 Å². The molecular weight excluding hydrogens is 290 g/mol. The Kier molecular flexibility index (Phi) is 4.00. The number of hydrogen-bond donors (Lipinski definition) is 0. The molecule has 0 N–H and O–H groups in total. The fraction of sp³-hybridized carbons (Fsp3) is 0.474. The summed E-state index contributed by atoms with van der Waals surface area (Å²) in [7, 11) is 0. The van der Waals surface area contributed by atoms with Gasteiger partial charge in [-0.1, -0.05) is 12.1 Å². The van der Waals surface area contributed by atoms with Gasteiger partial charge in [0.2, 0.25) is 0 Å². The first-order chi connectivity index (χ1) is 10.9. The van der Waals surface area contributed by atoms with Gasteiger partial charge in [0.25, 0.3) is 5.91 Å². The van der Waals surface area contributed by atoms with Gasteiger partial charge in [-0.05, 0) is 51.7 Å². The number of Topliss-reactive ketones (excluding diaryl/α,β-unsaturated/α-hetero) is 1. The number of piperidine rings is 1. The molecule has 0 spiro atoms. The zero-order valence-electron chi connectivity index (χ0n) is 14.2. The lowest BCUT2D eigenvalue weighted by Crippen LogP contribution is -2.41. The van der Waals surface area contributed by atoms with E-state index in [-0.39, 0.29) is 17.6 Å². The molecule has 23 heavy (non-hydrogen) atoms. The highest BCUT2D eigenvalue weighted by molar-refractivity contribution is 6.00. The van der Waals surface area contributed by atoms with E-state index < -0.39 is 0 Å². The Morgan fingerprint density at radius 2 is 1.91 bits per heavy atom. The van der Waals surface area contributed by atoms with Gasteiger partial charge in [-0.15, -0.1) is 0 Å². The predicted molar refractivity (Wildman–Crippen MR) is 89.7 cm³/mol. The van der Waals surface area contributed by atoms with E-state index in [0.717, 1.165) is 40.5 Å². The van der Waals surface area contributed by atoms with Gasteiger partial charge in [-0.3, -0.25) is 9.59 Å². The standard InChI is InChI=1S/C19H23NO3/c1-11-7-8-16-13(3)18(23-17(16)12(11)2)19(22)20-9-5-6-15(10-20)14(4)21/h7-8,15H,5-6,9-10H2,1-4H3. The van der Waals surface area contributed by atoms with Crippen molar-refractivity contribution in [1.82, 2.24) is 4.90 Å². The normalized spacial score (nSPS) is 18.4. The van der Waals surface area contributed by atoms with E-state index in [1.807, 2.05) is 26.8 Å². The molecule has 1 aromatic carbocycles. The summed E-state index contributed by atoms with van der Waals surface area (Å²) >= 11 is 0. The minimum absolute atomic E-state index is 0.0404. The lowest BCUT2D eigenvalue weighted by atomic mass is 9.94. The number of furan rings is 1. The molecule has 1 fully saturated rings. The molecule has 0 saturated carbocycles. The van der Waals surface area contributed by atoms with Crippen LogP contribution in [-0.2, 0) is 4.79 Å². The molecule has 1 aliphatic rings.